The summed E-state index contributed by atoms with van der Waals surface area (Å²) < 4.78 is 0. The zero-order valence-corrected chi connectivity index (χ0v) is 4.70. The van der Waals surface area contributed by atoms with Crippen LogP contribution in [-0.2, 0) is 4.79 Å². The molecule has 0 aliphatic rings. The Hall–Kier alpha value is -0.370. The largest absolute Gasteiger partial charge is 0.305 e. The molecule has 0 saturated carbocycles. The predicted octanol–water partition coefficient (Wildman–Crippen LogP) is 0.832. The van der Waals surface area contributed by atoms with Crippen molar-refractivity contribution in [1.29, 1.82) is 5.41 Å². The smallest absolute Gasteiger partial charge is 0.190 e. The van der Waals surface area contributed by atoms with Crippen LogP contribution in [0.1, 0.15) is 6.92 Å². The van der Waals surface area contributed by atoms with Crippen LogP contribution in [0.4, 0.5) is 0 Å². The van der Waals surface area contributed by atoms with Gasteiger partial charge in [-0.15, -0.1) is 11.6 Å². The van der Waals surface area contributed by atoms with Crippen molar-refractivity contribution in [2.24, 2.45) is 0 Å². The topological polar surface area (TPSA) is 40.9 Å². The molecule has 1 N–H and O–H groups in total. The molecular formula is C4H6ClNO. The molecule has 0 radical (unpaired) electrons. The van der Waals surface area contributed by atoms with Crippen LogP contribution in [0.15, 0.2) is 0 Å². The molecule has 0 fully saturated rings. The van der Waals surface area contributed by atoms with Crippen molar-refractivity contribution in [3.63, 3.8) is 0 Å². The van der Waals surface area contributed by atoms with Crippen molar-refractivity contribution < 1.29 is 4.79 Å². The van der Waals surface area contributed by atoms with Crippen molar-refractivity contribution in [3.8, 4) is 0 Å². The molecule has 0 spiro atoms. The Morgan fingerprint density at radius 3 is 2.43 bits per heavy atom. The van der Waals surface area contributed by atoms with Crippen molar-refractivity contribution >= 4 is 23.6 Å². The summed E-state index contributed by atoms with van der Waals surface area (Å²) in [6.07, 6.45) is 0.720. The van der Waals surface area contributed by atoms with Gasteiger partial charge < -0.3 is 5.41 Å². The van der Waals surface area contributed by atoms with Crippen LogP contribution in [0.25, 0.3) is 0 Å². The van der Waals surface area contributed by atoms with Gasteiger partial charge in [0.2, 0.25) is 0 Å². The molecular weight excluding hydrogens is 114 g/mol. The Balaban J connectivity index is 3.56. The molecule has 3 heteroatoms. The van der Waals surface area contributed by atoms with Gasteiger partial charge in [0.05, 0.1) is 11.6 Å². The average molecular weight is 120 g/mol. The molecule has 0 aliphatic carbocycles. The summed E-state index contributed by atoms with van der Waals surface area (Å²) in [5.74, 6) is -0.346. The highest BCUT2D eigenvalue weighted by Crippen LogP contribution is 1.90. The van der Waals surface area contributed by atoms with Gasteiger partial charge in [-0.05, 0) is 6.92 Å². The van der Waals surface area contributed by atoms with Crippen LogP contribution in [-0.4, -0.2) is 17.4 Å². The minimum atomic E-state index is -0.544. The standard InChI is InChI=1S/C4H6ClNO/c1-3(5)4(7)2-6/h2-3,6H,1H3. The van der Waals surface area contributed by atoms with E-state index < -0.39 is 5.38 Å². The van der Waals surface area contributed by atoms with Gasteiger partial charge in [0.15, 0.2) is 5.78 Å². The fourth-order valence-electron chi connectivity index (χ4n) is 0.115. The van der Waals surface area contributed by atoms with Crippen LogP contribution in [0.5, 0.6) is 0 Å². The molecule has 0 saturated heterocycles. The van der Waals surface area contributed by atoms with E-state index in [4.69, 9.17) is 17.0 Å². The van der Waals surface area contributed by atoms with E-state index in [1.165, 1.54) is 6.92 Å². The van der Waals surface area contributed by atoms with E-state index in [1.807, 2.05) is 0 Å². The van der Waals surface area contributed by atoms with E-state index >= 15 is 0 Å². The van der Waals surface area contributed by atoms with E-state index in [9.17, 15) is 4.79 Å². The minimum Gasteiger partial charge on any atom is -0.305 e. The summed E-state index contributed by atoms with van der Waals surface area (Å²) in [6.45, 7) is 1.54. The summed E-state index contributed by atoms with van der Waals surface area (Å²) in [6, 6.07) is 0. The first-order chi connectivity index (χ1) is 3.18. The Bertz CT molecular complexity index is 89.7. The summed E-state index contributed by atoms with van der Waals surface area (Å²) >= 11 is 5.23. The highest BCUT2D eigenvalue weighted by atomic mass is 35.5. The summed E-state index contributed by atoms with van der Waals surface area (Å²) in [4.78, 5) is 10.1. The second kappa shape index (κ2) is 2.75. The highest BCUT2D eigenvalue weighted by molar-refractivity contribution is 6.43. The van der Waals surface area contributed by atoms with Gasteiger partial charge in [-0.2, -0.15) is 0 Å². The van der Waals surface area contributed by atoms with E-state index in [-0.39, 0.29) is 5.78 Å². The predicted molar refractivity (Wildman–Crippen MR) is 29.1 cm³/mol. The normalized spacial score (nSPS) is 12.9. The van der Waals surface area contributed by atoms with Crippen molar-refractivity contribution in [3.05, 3.63) is 0 Å². The Morgan fingerprint density at radius 1 is 2.00 bits per heavy atom. The average Bonchev–Trinajstić information content (AvgIpc) is 1.65. The van der Waals surface area contributed by atoms with Crippen LogP contribution in [0.2, 0.25) is 0 Å². The molecule has 0 rings (SSSR count). The van der Waals surface area contributed by atoms with Gasteiger partial charge in [0, 0.05) is 0 Å². The molecule has 0 aromatic rings. The Morgan fingerprint density at radius 2 is 2.43 bits per heavy atom. The van der Waals surface area contributed by atoms with Crippen LogP contribution in [0.3, 0.4) is 0 Å². The van der Waals surface area contributed by atoms with Gasteiger partial charge in [0.1, 0.15) is 0 Å². The number of hydrogen-bond donors (Lipinski definition) is 1. The van der Waals surface area contributed by atoms with E-state index in [2.05, 4.69) is 0 Å². The molecule has 0 amide bonds. The van der Waals surface area contributed by atoms with Crippen LogP contribution in [0, 0.1) is 5.41 Å². The maximum atomic E-state index is 10.1. The lowest BCUT2D eigenvalue weighted by atomic mass is 10.3. The SMILES string of the molecule is CC(Cl)C(=O)C=N. The maximum Gasteiger partial charge on any atom is 0.190 e. The zero-order chi connectivity index (χ0) is 5.86. The monoisotopic (exact) mass is 119 g/mol. The third kappa shape index (κ3) is 2.34. The number of halogens is 1. The lowest BCUT2D eigenvalue weighted by molar-refractivity contribution is -0.112. The molecule has 40 valence electrons. The van der Waals surface area contributed by atoms with Gasteiger partial charge in [-0.1, -0.05) is 0 Å². The molecule has 0 aromatic carbocycles. The quantitative estimate of drug-likeness (QED) is 0.425. The number of hydrogen-bond acceptors (Lipinski definition) is 2. The fourth-order valence-corrected chi connectivity index (χ4v) is 0.178. The molecule has 0 aromatic heterocycles. The van der Waals surface area contributed by atoms with Gasteiger partial charge >= 0.3 is 0 Å². The van der Waals surface area contributed by atoms with Gasteiger partial charge in [0.25, 0.3) is 0 Å². The molecule has 1 unspecified atom stereocenters. The van der Waals surface area contributed by atoms with Crippen molar-refractivity contribution in [1.82, 2.24) is 0 Å². The fraction of sp³-hybridized carbons (Fsp3) is 0.500. The first-order valence-corrected chi connectivity index (χ1v) is 2.30. The lowest BCUT2D eigenvalue weighted by Crippen LogP contribution is -2.09. The highest BCUT2D eigenvalue weighted by Gasteiger charge is 2.02. The van der Waals surface area contributed by atoms with E-state index in [1.54, 1.807) is 0 Å². The number of nitrogens with one attached hydrogen (secondary N) is 1. The second-order valence-corrected chi connectivity index (χ2v) is 1.82. The first kappa shape index (κ1) is 6.63. The van der Waals surface area contributed by atoms with E-state index in [0.29, 0.717) is 0 Å². The number of ketones is 1. The van der Waals surface area contributed by atoms with Crippen LogP contribution >= 0.6 is 11.6 Å². The summed E-state index contributed by atoms with van der Waals surface area (Å²) in [5.41, 5.74) is 0. The Labute approximate surface area is 47.0 Å². The first-order valence-electron chi connectivity index (χ1n) is 1.87. The molecule has 7 heavy (non-hydrogen) atoms. The molecule has 1 atom stereocenters. The summed E-state index contributed by atoms with van der Waals surface area (Å²) in [5, 5.41) is 5.84. The van der Waals surface area contributed by atoms with Crippen LogP contribution < -0.4 is 0 Å². The number of carbonyl (C=O) groups is 1. The minimum absolute atomic E-state index is 0.346. The Kier molecular flexibility index (Phi) is 2.60. The molecule has 2 nitrogen and oxygen atoms in total. The van der Waals surface area contributed by atoms with Gasteiger partial charge in [-0.3, -0.25) is 4.79 Å². The number of Topliss-reactive ketones (excluding diaryl/α,β-unsaturated/α-hetero) is 1. The number of carbonyl (C=O) groups excluding carboxylic acids is 1. The molecule has 0 bridgehead atoms. The molecule has 0 aliphatic heterocycles. The maximum absolute atomic E-state index is 10.1. The lowest BCUT2D eigenvalue weighted by Gasteiger charge is -1.88. The van der Waals surface area contributed by atoms with Gasteiger partial charge in [-0.25, -0.2) is 0 Å². The third-order valence-corrected chi connectivity index (χ3v) is 0.749. The number of rotatable bonds is 2. The second-order valence-electron chi connectivity index (χ2n) is 1.16. The van der Waals surface area contributed by atoms with Crippen molar-refractivity contribution in [2.75, 3.05) is 0 Å². The third-order valence-electron chi connectivity index (χ3n) is 0.534. The molecule has 0 heterocycles. The number of alkyl halides is 1. The summed E-state index contributed by atoms with van der Waals surface area (Å²) in [7, 11) is 0. The van der Waals surface area contributed by atoms with E-state index in [0.717, 1.165) is 6.21 Å². The zero-order valence-electron chi connectivity index (χ0n) is 3.94. The van der Waals surface area contributed by atoms with Crippen molar-refractivity contribution in [2.45, 2.75) is 12.3 Å².